The van der Waals surface area contributed by atoms with E-state index in [9.17, 15) is 33.1 Å². The van der Waals surface area contributed by atoms with E-state index in [1.165, 1.54) is 6.92 Å². The Labute approximate surface area is 147 Å². The Morgan fingerprint density at radius 2 is 1.62 bits per heavy atom. The quantitative estimate of drug-likeness (QED) is 0.535. The van der Waals surface area contributed by atoms with Crippen molar-refractivity contribution in [1.29, 1.82) is 0 Å². The summed E-state index contributed by atoms with van der Waals surface area (Å²) in [6.07, 6.45) is 0. The molecule has 1 rings (SSSR count). The van der Waals surface area contributed by atoms with Gasteiger partial charge in [0.1, 0.15) is 17.7 Å². The minimum atomic E-state index is -1.75. The highest BCUT2D eigenvalue weighted by atomic mass is 19.1. The Hall–Kier alpha value is -3.04. The Morgan fingerprint density at radius 3 is 2.04 bits per heavy atom. The third-order valence-corrected chi connectivity index (χ3v) is 3.69. The summed E-state index contributed by atoms with van der Waals surface area (Å²) < 4.78 is 35.5. The molecule has 0 unspecified atom stereocenters. The lowest BCUT2D eigenvalue weighted by Crippen LogP contribution is -2.50. The number of carboxylic acids is 1. The van der Waals surface area contributed by atoms with E-state index in [4.69, 9.17) is 0 Å². The second-order valence-corrected chi connectivity index (χ2v) is 5.30. The normalized spacial score (nSPS) is 12.8. The molecule has 0 saturated carbocycles. The number of nitrogens with one attached hydrogen (secondary N) is 1. The maximum Gasteiger partial charge on any atom is 0.326 e. The molecule has 26 heavy (non-hydrogen) atoms. The number of esters is 2. The lowest BCUT2D eigenvalue weighted by atomic mass is 9.87. The molecule has 1 aromatic rings. The molecule has 0 heterocycles. The molecule has 0 bridgehead atoms. The van der Waals surface area contributed by atoms with E-state index in [2.05, 4.69) is 9.47 Å². The molecule has 0 radical (unpaired) electrons. The maximum absolute atomic E-state index is 13.7. The van der Waals surface area contributed by atoms with Crippen molar-refractivity contribution in [2.24, 2.45) is 11.8 Å². The van der Waals surface area contributed by atoms with Crippen molar-refractivity contribution in [3.05, 3.63) is 35.4 Å². The number of hydrogen-bond donors (Lipinski definition) is 2. The van der Waals surface area contributed by atoms with Gasteiger partial charge >= 0.3 is 17.9 Å². The SMILES string of the molecule is COC(=O)C(C(=O)OC)[C@@H](C)[C@@H](NC(=O)c1ccc(F)cc1F)C(=O)O. The van der Waals surface area contributed by atoms with Gasteiger partial charge in [-0.05, 0) is 12.1 Å². The van der Waals surface area contributed by atoms with Crippen LogP contribution in [0.15, 0.2) is 18.2 Å². The van der Waals surface area contributed by atoms with Crippen LogP contribution in [0.4, 0.5) is 8.78 Å². The van der Waals surface area contributed by atoms with Crippen molar-refractivity contribution < 1.29 is 42.5 Å². The smallest absolute Gasteiger partial charge is 0.326 e. The highest BCUT2D eigenvalue weighted by Gasteiger charge is 2.42. The van der Waals surface area contributed by atoms with Gasteiger partial charge in [0, 0.05) is 12.0 Å². The summed E-state index contributed by atoms with van der Waals surface area (Å²) in [5.74, 6) is -9.89. The summed E-state index contributed by atoms with van der Waals surface area (Å²) in [4.78, 5) is 47.2. The largest absolute Gasteiger partial charge is 0.480 e. The molecule has 0 aliphatic carbocycles. The fourth-order valence-corrected chi connectivity index (χ4v) is 2.28. The van der Waals surface area contributed by atoms with E-state index in [-0.39, 0.29) is 0 Å². The number of carbonyl (C=O) groups is 4. The molecule has 8 nitrogen and oxygen atoms in total. The number of amides is 1. The van der Waals surface area contributed by atoms with Gasteiger partial charge in [0.05, 0.1) is 19.8 Å². The van der Waals surface area contributed by atoms with Crippen LogP contribution in [0.25, 0.3) is 0 Å². The molecule has 1 amide bonds. The van der Waals surface area contributed by atoms with Gasteiger partial charge in [-0.1, -0.05) is 6.92 Å². The van der Waals surface area contributed by atoms with Gasteiger partial charge in [-0.25, -0.2) is 13.6 Å². The molecule has 2 N–H and O–H groups in total. The summed E-state index contributed by atoms with van der Waals surface area (Å²) >= 11 is 0. The first-order valence-electron chi connectivity index (χ1n) is 7.28. The Morgan fingerprint density at radius 1 is 1.08 bits per heavy atom. The minimum absolute atomic E-state index is 0.458. The van der Waals surface area contributed by atoms with E-state index in [1.807, 2.05) is 5.32 Å². The van der Waals surface area contributed by atoms with Gasteiger partial charge in [-0.3, -0.25) is 14.4 Å². The first kappa shape index (κ1) is 21.0. The fourth-order valence-electron chi connectivity index (χ4n) is 2.28. The van der Waals surface area contributed by atoms with Gasteiger partial charge in [-0.15, -0.1) is 0 Å². The zero-order valence-corrected chi connectivity index (χ0v) is 14.1. The first-order valence-corrected chi connectivity index (χ1v) is 7.28. The van der Waals surface area contributed by atoms with E-state index < -0.39 is 58.9 Å². The minimum Gasteiger partial charge on any atom is -0.480 e. The number of benzene rings is 1. The standard InChI is InChI=1S/C16H17F2NO7/c1-7(11(15(23)25-2)16(24)26-3)12(14(21)22)19-13(20)9-5-4-8(17)6-10(9)18/h4-7,11-12H,1-3H3,(H,19,20)(H,21,22)/t7-,12-/m1/s1. The van der Waals surface area contributed by atoms with Crippen molar-refractivity contribution in [3.8, 4) is 0 Å². The molecular weight excluding hydrogens is 356 g/mol. The number of carbonyl (C=O) groups excluding carboxylic acids is 3. The van der Waals surface area contributed by atoms with Gasteiger partial charge < -0.3 is 19.9 Å². The van der Waals surface area contributed by atoms with Gasteiger partial charge in [0.2, 0.25) is 0 Å². The number of aliphatic carboxylic acids is 1. The molecule has 0 spiro atoms. The third kappa shape index (κ3) is 4.74. The van der Waals surface area contributed by atoms with Crippen molar-refractivity contribution >= 4 is 23.8 Å². The molecular formula is C16H17F2NO7. The second kappa shape index (κ2) is 8.88. The summed E-state index contributed by atoms with van der Waals surface area (Å²) in [6, 6.07) is 0.361. The molecule has 1 aromatic carbocycles. The zero-order valence-electron chi connectivity index (χ0n) is 14.1. The lowest BCUT2D eigenvalue weighted by molar-refractivity contribution is -0.162. The van der Waals surface area contributed by atoms with Crippen LogP contribution in [-0.4, -0.2) is 49.2 Å². The predicted octanol–water partition coefficient (Wildman–Crippen LogP) is 0.746. The monoisotopic (exact) mass is 373 g/mol. The van der Waals surface area contributed by atoms with Crippen molar-refractivity contribution in [2.45, 2.75) is 13.0 Å². The zero-order chi connectivity index (χ0) is 20.0. The van der Waals surface area contributed by atoms with Gasteiger partial charge in [0.25, 0.3) is 5.91 Å². The van der Waals surface area contributed by atoms with Crippen LogP contribution in [-0.2, 0) is 23.9 Å². The van der Waals surface area contributed by atoms with Gasteiger partial charge in [0.15, 0.2) is 5.92 Å². The molecule has 142 valence electrons. The third-order valence-electron chi connectivity index (χ3n) is 3.69. The highest BCUT2D eigenvalue weighted by Crippen LogP contribution is 2.20. The molecule has 0 saturated heterocycles. The Balaban J connectivity index is 3.13. The summed E-state index contributed by atoms with van der Waals surface area (Å²) in [5, 5.41) is 11.4. The molecule has 2 atom stereocenters. The van der Waals surface area contributed by atoms with Crippen molar-refractivity contribution in [3.63, 3.8) is 0 Å². The van der Waals surface area contributed by atoms with Crippen LogP contribution < -0.4 is 5.32 Å². The summed E-state index contributed by atoms with van der Waals surface area (Å²) in [5.41, 5.74) is -0.600. The van der Waals surface area contributed by atoms with Crippen LogP contribution in [0, 0.1) is 23.5 Å². The number of carboxylic acid groups (broad SMARTS) is 1. The molecule has 0 aromatic heterocycles. The topological polar surface area (TPSA) is 119 Å². The predicted molar refractivity (Wildman–Crippen MR) is 81.9 cm³/mol. The number of methoxy groups -OCH3 is 2. The lowest BCUT2D eigenvalue weighted by Gasteiger charge is -2.26. The Bertz CT molecular complexity index is 707. The number of hydrogen-bond acceptors (Lipinski definition) is 6. The Kier molecular flexibility index (Phi) is 7.17. The number of rotatable bonds is 7. The average molecular weight is 373 g/mol. The van der Waals surface area contributed by atoms with Crippen LogP contribution in [0.5, 0.6) is 0 Å². The van der Waals surface area contributed by atoms with Crippen LogP contribution >= 0.6 is 0 Å². The van der Waals surface area contributed by atoms with E-state index in [0.29, 0.717) is 6.07 Å². The maximum atomic E-state index is 13.7. The average Bonchev–Trinajstić information content (AvgIpc) is 2.58. The van der Waals surface area contributed by atoms with E-state index >= 15 is 0 Å². The summed E-state index contributed by atoms with van der Waals surface area (Å²) in [6.45, 7) is 1.21. The van der Waals surface area contributed by atoms with E-state index in [1.54, 1.807) is 0 Å². The second-order valence-electron chi connectivity index (χ2n) is 5.30. The van der Waals surface area contributed by atoms with Crippen LogP contribution in [0.2, 0.25) is 0 Å². The number of ether oxygens (including phenoxy) is 2. The molecule has 0 aliphatic heterocycles. The molecule has 10 heteroatoms. The fraction of sp³-hybridized carbons (Fsp3) is 0.375. The van der Waals surface area contributed by atoms with Crippen LogP contribution in [0.1, 0.15) is 17.3 Å². The van der Waals surface area contributed by atoms with Crippen molar-refractivity contribution in [1.82, 2.24) is 5.32 Å². The van der Waals surface area contributed by atoms with E-state index in [0.717, 1.165) is 26.4 Å². The van der Waals surface area contributed by atoms with Crippen LogP contribution in [0.3, 0.4) is 0 Å². The highest BCUT2D eigenvalue weighted by molar-refractivity contribution is 5.99. The first-order chi connectivity index (χ1) is 12.1. The van der Waals surface area contributed by atoms with Crippen molar-refractivity contribution in [2.75, 3.05) is 14.2 Å². The molecule has 0 aliphatic rings. The molecule has 0 fully saturated rings. The summed E-state index contributed by atoms with van der Waals surface area (Å²) in [7, 11) is 1.99. The number of halogens is 2. The van der Waals surface area contributed by atoms with Gasteiger partial charge in [-0.2, -0.15) is 0 Å².